The van der Waals surface area contributed by atoms with Gasteiger partial charge in [-0.15, -0.1) is 0 Å². The molecule has 76 valence electrons. The van der Waals surface area contributed by atoms with Crippen LogP contribution in [0.2, 0.25) is 0 Å². The predicted octanol–water partition coefficient (Wildman–Crippen LogP) is 1.47. The van der Waals surface area contributed by atoms with Crippen LogP contribution in [0, 0.1) is 0 Å². The van der Waals surface area contributed by atoms with Crippen molar-refractivity contribution in [3.63, 3.8) is 0 Å². The summed E-state index contributed by atoms with van der Waals surface area (Å²) in [7, 11) is 1.37. The lowest BCUT2D eigenvalue weighted by molar-refractivity contribution is -0.142. The highest BCUT2D eigenvalue weighted by molar-refractivity contribution is 5.75. The lowest BCUT2D eigenvalue weighted by Crippen LogP contribution is -2.42. The summed E-state index contributed by atoms with van der Waals surface area (Å²) in [5.74, 6) is -0.290. The SMILES string of the molecule is [2H]C1(N[C@@H](C)C(=O)OC)CCCCC1. The monoisotopic (exact) mass is 186 g/mol. The van der Waals surface area contributed by atoms with Gasteiger partial charge in [-0.1, -0.05) is 19.3 Å². The van der Waals surface area contributed by atoms with E-state index < -0.39 is 6.02 Å². The molecule has 1 aliphatic carbocycles. The molecular formula is C10H19NO2. The summed E-state index contributed by atoms with van der Waals surface area (Å²) in [6.45, 7) is 1.75. The van der Waals surface area contributed by atoms with Crippen LogP contribution in [-0.2, 0) is 9.53 Å². The van der Waals surface area contributed by atoms with Gasteiger partial charge in [0.15, 0.2) is 0 Å². The molecule has 1 saturated carbocycles. The van der Waals surface area contributed by atoms with Gasteiger partial charge in [-0.2, -0.15) is 0 Å². The molecule has 0 aliphatic heterocycles. The molecule has 0 aromatic heterocycles. The fourth-order valence-electron chi connectivity index (χ4n) is 1.66. The smallest absolute Gasteiger partial charge is 0.322 e. The van der Waals surface area contributed by atoms with E-state index in [1.807, 2.05) is 0 Å². The Kier molecular flexibility index (Phi) is 3.62. The van der Waals surface area contributed by atoms with E-state index in [2.05, 4.69) is 10.1 Å². The minimum absolute atomic E-state index is 0.290. The van der Waals surface area contributed by atoms with Gasteiger partial charge in [0.05, 0.1) is 7.11 Å². The standard InChI is InChI=1S/C10H19NO2/c1-8(10(12)13-2)11-9-6-4-3-5-7-9/h8-9,11H,3-7H2,1-2H3/t8-/m0/s1/i9D. The summed E-state index contributed by atoms with van der Waals surface area (Å²) < 4.78 is 12.7. The highest BCUT2D eigenvalue weighted by Crippen LogP contribution is 2.17. The van der Waals surface area contributed by atoms with Crippen LogP contribution >= 0.6 is 0 Å². The minimum atomic E-state index is -0.619. The first-order valence-electron chi connectivity index (χ1n) is 5.43. The second-order valence-electron chi connectivity index (χ2n) is 3.55. The maximum Gasteiger partial charge on any atom is 0.322 e. The summed E-state index contributed by atoms with van der Waals surface area (Å²) in [6.07, 6.45) is 5.01. The average molecular weight is 186 g/mol. The number of hydrogen-bond acceptors (Lipinski definition) is 3. The van der Waals surface area contributed by atoms with Crippen LogP contribution in [0.1, 0.15) is 40.4 Å². The molecule has 0 aromatic carbocycles. The van der Waals surface area contributed by atoms with Gasteiger partial charge in [0.1, 0.15) is 6.04 Å². The quantitative estimate of drug-likeness (QED) is 0.678. The third-order valence-electron chi connectivity index (χ3n) is 2.43. The van der Waals surface area contributed by atoms with E-state index in [0.29, 0.717) is 0 Å². The summed E-state index contributed by atoms with van der Waals surface area (Å²) in [5, 5.41) is 3.04. The Balaban J connectivity index is 2.44. The van der Waals surface area contributed by atoms with Crippen molar-refractivity contribution in [1.82, 2.24) is 5.32 Å². The van der Waals surface area contributed by atoms with Crippen LogP contribution in [0.3, 0.4) is 0 Å². The highest BCUT2D eigenvalue weighted by Gasteiger charge is 2.19. The van der Waals surface area contributed by atoms with Crippen LogP contribution in [0.25, 0.3) is 0 Å². The van der Waals surface area contributed by atoms with Crippen molar-refractivity contribution >= 4 is 5.97 Å². The van der Waals surface area contributed by atoms with Crippen molar-refractivity contribution < 1.29 is 10.9 Å². The fraction of sp³-hybridized carbons (Fsp3) is 0.900. The minimum Gasteiger partial charge on any atom is -0.468 e. The molecule has 0 radical (unpaired) electrons. The Morgan fingerprint density at radius 2 is 2.15 bits per heavy atom. The molecule has 1 aliphatic rings. The molecule has 0 saturated heterocycles. The molecular weight excluding hydrogens is 166 g/mol. The summed E-state index contributed by atoms with van der Waals surface area (Å²) in [6, 6.07) is -0.998. The van der Waals surface area contributed by atoms with Crippen LogP contribution in [0.5, 0.6) is 0 Å². The fourth-order valence-corrected chi connectivity index (χ4v) is 1.66. The third-order valence-corrected chi connectivity index (χ3v) is 2.43. The van der Waals surface area contributed by atoms with E-state index in [0.717, 1.165) is 25.7 Å². The lowest BCUT2D eigenvalue weighted by Gasteiger charge is -2.25. The molecule has 3 nitrogen and oxygen atoms in total. The summed E-state index contributed by atoms with van der Waals surface area (Å²) in [5.41, 5.74) is 0. The largest absolute Gasteiger partial charge is 0.468 e. The number of carbonyl (C=O) groups is 1. The van der Waals surface area contributed by atoms with E-state index in [-0.39, 0.29) is 12.0 Å². The van der Waals surface area contributed by atoms with Crippen LogP contribution in [0.4, 0.5) is 0 Å². The molecule has 0 unspecified atom stereocenters. The first-order chi connectivity index (χ1) is 6.57. The number of ether oxygens (including phenoxy) is 1. The van der Waals surface area contributed by atoms with Crippen LogP contribution < -0.4 is 5.32 Å². The van der Waals surface area contributed by atoms with E-state index >= 15 is 0 Å². The van der Waals surface area contributed by atoms with Gasteiger partial charge < -0.3 is 10.1 Å². The van der Waals surface area contributed by atoms with Gasteiger partial charge in [0, 0.05) is 7.39 Å². The van der Waals surface area contributed by atoms with Crippen LogP contribution in [0.15, 0.2) is 0 Å². The zero-order valence-corrected chi connectivity index (χ0v) is 8.43. The first kappa shape index (κ1) is 9.00. The molecule has 1 rings (SSSR count). The molecule has 1 atom stereocenters. The average Bonchev–Trinajstić information content (AvgIpc) is 2.17. The summed E-state index contributed by atoms with van der Waals surface area (Å²) >= 11 is 0. The van der Waals surface area contributed by atoms with Crippen molar-refractivity contribution in [2.24, 2.45) is 0 Å². The van der Waals surface area contributed by atoms with Crippen LogP contribution in [-0.4, -0.2) is 25.1 Å². The number of nitrogens with one attached hydrogen (secondary N) is 1. The number of methoxy groups -OCH3 is 1. The summed E-state index contributed by atoms with van der Waals surface area (Å²) in [4.78, 5) is 11.2. The van der Waals surface area contributed by atoms with E-state index in [1.165, 1.54) is 13.5 Å². The first-order valence-corrected chi connectivity index (χ1v) is 4.93. The molecule has 1 fully saturated rings. The predicted molar refractivity (Wildman–Crippen MR) is 51.5 cm³/mol. The highest BCUT2D eigenvalue weighted by atomic mass is 16.5. The van der Waals surface area contributed by atoms with Crippen molar-refractivity contribution in [3.05, 3.63) is 0 Å². The van der Waals surface area contributed by atoms with Gasteiger partial charge in [0.2, 0.25) is 0 Å². The molecule has 0 spiro atoms. The van der Waals surface area contributed by atoms with Gasteiger partial charge >= 0.3 is 5.97 Å². The topological polar surface area (TPSA) is 38.3 Å². The zero-order chi connectivity index (χ0) is 10.6. The van der Waals surface area contributed by atoms with Crippen molar-refractivity contribution in [2.45, 2.75) is 51.1 Å². The van der Waals surface area contributed by atoms with Crippen molar-refractivity contribution in [3.8, 4) is 0 Å². The molecule has 0 amide bonds. The molecule has 0 bridgehead atoms. The second-order valence-corrected chi connectivity index (χ2v) is 3.55. The second kappa shape index (κ2) is 5.22. The number of rotatable bonds is 3. The van der Waals surface area contributed by atoms with Gasteiger partial charge in [-0.3, -0.25) is 4.79 Å². The number of esters is 1. The zero-order valence-electron chi connectivity index (χ0n) is 9.43. The Morgan fingerprint density at radius 3 is 2.69 bits per heavy atom. The Bertz CT molecular complexity index is 202. The number of carbonyl (C=O) groups excluding carboxylic acids is 1. The maximum atomic E-state index is 11.2. The maximum absolute atomic E-state index is 11.2. The van der Waals surface area contributed by atoms with Gasteiger partial charge in [-0.25, -0.2) is 0 Å². The van der Waals surface area contributed by atoms with Gasteiger partial charge in [-0.05, 0) is 19.8 Å². The van der Waals surface area contributed by atoms with Gasteiger partial charge in [0.25, 0.3) is 0 Å². The molecule has 0 aromatic rings. The molecule has 0 heterocycles. The molecule has 3 heteroatoms. The molecule has 1 N–H and O–H groups in total. The van der Waals surface area contributed by atoms with E-state index in [4.69, 9.17) is 1.37 Å². The third kappa shape index (κ3) is 3.35. The van der Waals surface area contributed by atoms with E-state index in [1.54, 1.807) is 6.92 Å². The van der Waals surface area contributed by atoms with Crippen molar-refractivity contribution in [2.75, 3.05) is 7.11 Å². The Labute approximate surface area is 81.2 Å². The van der Waals surface area contributed by atoms with E-state index in [9.17, 15) is 4.79 Å². The Hall–Kier alpha value is -0.570. The number of hydrogen-bond donors (Lipinski definition) is 1. The molecule has 13 heavy (non-hydrogen) atoms. The lowest BCUT2D eigenvalue weighted by atomic mass is 9.95. The normalized spacial score (nSPS) is 24.6. The Morgan fingerprint density at radius 1 is 1.54 bits per heavy atom. The van der Waals surface area contributed by atoms with Crippen molar-refractivity contribution in [1.29, 1.82) is 0 Å².